The molecule has 1 rings (SSSR count). The van der Waals surface area contributed by atoms with Crippen molar-refractivity contribution >= 4 is 10.0 Å². The van der Waals surface area contributed by atoms with Crippen LogP contribution in [0.1, 0.15) is 0 Å². The van der Waals surface area contributed by atoms with E-state index in [0.29, 0.717) is 0 Å². The van der Waals surface area contributed by atoms with E-state index < -0.39 is 10.0 Å². The van der Waals surface area contributed by atoms with Crippen LogP contribution in [0.4, 0.5) is 0 Å². The second-order valence-electron chi connectivity index (χ2n) is 1.62. The quantitative estimate of drug-likeness (QED) is 0.493. The van der Waals surface area contributed by atoms with Gasteiger partial charge in [0.2, 0.25) is 0 Å². The molecule has 0 radical (unpaired) electrons. The van der Waals surface area contributed by atoms with Crippen LogP contribution in [0.25, 0.3) is 0 Å². The molecule has 0 aromatic carbocycles. The summed E-state index contributed by atoms with van der Waals surface area (Å²) in [6.07, 6.45) is 4.03. The van der Waals surface area contributed by atoms with Crippen molar-refractivity contribution in [2.24, 2.45) is 5.14 Å². The fraction of sp³-hybridized carbons (Fsp3) is 0. The highest BCUT2D eigenvalue weighted by molar-refractivity contribution is 7.93. The normalized spacial score (nSPS) is 15.5. The summed E-state index contributed by atoms with van der Waals surface area (Å²) in [7, 11) is -3.65. The number of hydroxylamine groups is 1. The summed E-state index contributed by atoms with van der Waals surface area (Å²) in [6, 6.07) is 0. The molecule has 64 valence electrons. The second kappa shape index (κ2) is 3.37. The summed E-state index contributed by atoms with van der Waals surface area (Å²) >= 11 is 0. The average molecular weight is 179 g/mol. The molecular formula is C4H9N3O3S. The number of nitrogens with one attached hydrogen (secondary N) is 1. The van der Waals surface area contributed by atoms with Gasteiger partial charge >= 0.3 is 0 Å². The van der Waals surface area contributed by atoms with Crippen molar-refractivity contribution in [3.63, 3.8) is 0 Å². The van der Waals surface area contributed by atoms with Crippen molar-refractivity contribution in [3.05, 3.63) is 23.4 Å². The monoisotopic (exact) mass is 179 g/mol. The third-order valence-corrected chi connectivity index (χ3v) is 1.69. The van der Waals surface area contributed by atoms with Crippen molar-refractivity contribution < 1.29 is 13.3 Å². The first-order valence-corrected chi connectivity index (χ1v) is 3.96. The lowest BCUT2D eigenvalue weighted by Crippen LogP contribution is -2.26. The summed E-state index contributed by atoms with van der Waals surface area (Å²) in [5.41, 5.74) is 2.12. The van der Waals surface area contributed by atoms with Crippen LogP contribution in [0.5, 0.6) is 0 Å². The van der Waals surface area contributed by atoms with Gasteiger partial charge in [-0.2, -0.15) is 0 Å². The molecule has 0 unspecified atom stereocenters. The Morgan fingerprint density at radius 3 is 2.45 bits per heavy atom. The van der Waals surface area contributed by atoms with Gasteiger partial charge in [0.1, 0.15) is 6.26 Å². The van der Waals surface area contributed by atoms with Crippen molar-refractivity contribution in [2.75, 3.05) is 0 Å². The highest BCUT2D eigenvalue weighted by Crippen LogP contribution is 2.01. The van der Waals surface area contributed by atoms with Crippen LogP contribution in [0, 0.1) is 0 Å². The average Bonchev–Trinajstić information content (AvgIpc) is 1.88. The Kier molecular flexibility index (Phi) is 3.05. The first-order valence-electron chi connectivity index (χ1n) is 2.42. The van der Waals surface area contributed by atoms with Gasteiger partial charge in [-0.3, -0.25) is 0 Å². The van der Waals surface area contributed by atoms with Crippen LogP contribution in [-0.4, -0.2) is 8.42 Å². The Hall–Kier alpha value is -1.05. The maximum atomic E-state index is 10.5. The topological polar surface area (TPSA) is 116 Å². The first kappa shape index (κ1) is 9.95. The Morgan fingerprint density at radius 1 is 1.55 bits per heavy atom. The zero-order valence-corrected chi connectivity index (χ0v) is 6.47. The fourth-order valence-corrected chi connectivity index (χ4v) is 0.878. The Balaban J connectivity index is 0.000001000. The van der Waals surface area contributed by atoms with Crippen LogP contribution in [0.3, 0.4) is 0 Å². The molecule has 0 saturated heterocycles. The van der Waals surface area contributed by atoms with E-state index in [-0.39, 0.29) is 11.2 Å². The Bertz CT molecular complexity index is 279. The van der Waals surface area contributed by atoms with Gasteiger partial charge in [0.25, 0.3) is 10.0 Å². The number of hydrogen-bond donors (Lipinski definition) is 3. The van der Waals surface area contributed by atoms with E-state index in [2.05, 4.69) is 10.3 Å². The van der Waals surface area contributed by atoms with E-state index in [9.17, 15) is 8.42 Å². The second-order valence-corrected chi connectivity index (χ2v) is 3.15. The lowest BCUT2D eigenvalue weighted by molar-refractivity contribution is 0.167. The predicted molar refractivity (Wildman–Crippen MR) is 39.6 cm³/mol. The Labute approximate surface area is 64.3 Å². The fourth-order valence-electron chi connectivity index (χ4n) is 0.445. The molecule has 11 heavy (non-hydrogen) atoms. The molecule has 0 saturated carbocycles. The largest absolute Gasteiger partial charge is 0.389 e. The van der Waals surface area contributed by atoms with Crippen LogP contribution >= 0.6 is 0 Å². The van der Waals surface area contributed by atoms with Gasteiger partial charge < -0.3 is 11.0 Å². The number of sulfonamides is 1. The van der Waals surface area contributed by atoms with Crippen LogP contribution < -0.4 is 16.8 Å². The van der Waals surface area contributed by atoms with Crippen LogP contribution in [0.15, 0.2) is 23.4 Å². The number of hydrogen-bond acceptors (Lipinski definition) is 5. The lowest BCUT2D eigenvalue weighted by atomic mass is 10.6. The molecular weight excluding hydrogens is 170 g/mol. The van der Waals surface area contributed by atoms with E-state index in [4.69, 9.17) is 5.14 Å². The number of nitrogens with two attached hydrogens (primary N) is 1. The molecule has 6 N–H and O–H groups in total. The molecule has 0 aromatic rings. The van der Waals surface area contributed by atoms with Crippen molar-refractivity contribution in [3.8, 4) is 0 Å². The summed E-state index contributed by atoms with van der Waals surface area (Å²) in [5.74, 6) is 0. The molecule has 0 aromatic heterocycles. The van der Waals surface area contributed by atoms with Gasteiger partial charge in [-0.1, -0.05) is 0 Å². The molecule has 1 aliphatic rings. The molecule has 0 amide bonds. The minimum Gasteiger partial charge on any atom is -0.389 e. The molecule has 0 atom stereocenters. The minimum atomic E-state index is -3.65. The van der Waals surface area contributed by atoms with Gasteiger partial charge in [0.05, 0.1) is 0 Å². The minimum absolute atomic E-state index is 0. The molecule has 6 nitrogen and oxygen atoms in total. The van der Waals surface area contributed by atoms with E-state index in [1.807, 2.05) is 0 Å². The maximum Gasteiger partial charge on any atom is 0.256 e. The zero-order valence-electron chi connectivity index (χ0n) is 5.65. The van der Waals surface area contributed by atoms with Crippen LogP contribution in [0.2, 0.25) is 0 Å². The van der Waals surface area contributed by atoms with E-state index >= 15 is 0 Å². The third-order valence-electron chi connectivity index (χ3n) is 0.860. The summed E-state index contributed by atoms with van der Waals surface area (Å²) < 4.78 is 21.0. The van der Waals surface area contributed by atoms with Crippen molar-refractivity contribution in [1.82, 2.24) is 11.6 Å². The Morgan fingerprint density at radius 2 is 2.18 bits per heavy atom. The van der Waals surface area contributed by atoms with Gasteiger partial charge in [0, 0.05) is 0 Å². The predicted octanol–water partition coefficient (Wildman–Crippen LogP) is -0.673. The van der Waals surface area contributed by atoms with E-state index in [1.54, 1.807) is 0 Å². The molecule has 1 heterocycles. The van der Waals surface area contributed by atoms with E-state index in [0.717, 1.165) is 0 Å². The first-order chi connectivity index (χ1) is 4.61. The maximum absolute atomic E-state index is 10.5. The van der Waals surface area contributed by atoms with E-state index in [1.165, 1.54) is 18.4 Å². The SMILES string of the molecule is N.NS(=O)(=O)C1=CC=CON1. The summed E-state index contributed by atoms with van der Waals surface area (Å²) in [5, 5.41) is 4.59. The van der Waals surface area contributed by atoms with Gasteiger partial charge in [0.15, 0.2) is 5.03 Å². The standard InChI is InChI=1S/C4H6N2O3S.H3N/c5-10(7,8)4-2-1-3-9-6-4;/h1-3,6H,(H2,5,7,8);1H3. The van der Waals surface area contributed by atoms with Crippen molar-refractivity contribution in [2.45, 2.75) is 0 Å². The summed E-state index contributed by atoms with van der Waals surface area (Å²) in [4.78, 5) is 4.45. The zero-order chi connectivity index (χ0) is 7.61. The molecule has 0 spiro atoms. The molecule has 7 heteroatoms. The third kappa shape index (κ3) is 2.58. The highest BCUT2D eigenvalue weighted by Gasteiger charge is 2.11. The van der Waals surface area contributed by atoms with Gasteiger partial charge in [-0.15, -0.1) is 0 Å². The number of primary sulfonamides is 1. The summed E-state index contributed by atoms with van der Waals surface area (Å²) in [6.45, 7) is 0. The lowest BCUT2D eigenvalue weighted by Gasteiger charge is -2.08. The van der Waals surface area contributed by atoms with Gasteiger partial charge in [-0.25, -0.2) is 19.0 Å². The highest BCUT2D eigenvalue weighted by atomic mass is 32.2. The van der Waals surface area contributed by atoms with Gasteiger partial charge in [-0.05, 0) is 12.2 Å². The number of rotatable bonds is 1. The molecule has 1 aliphatic heterocycles. The van der Waals surface area contributed by atoms with Crippen molar-refractivity contribution in [1.29, 1.82) is 0 Å². The number of allylic oxidation sites excluding steroid dienone is 2. The molecule has 0 bridgehead atoms. The molecule has 0 aliphatic carbocycles. The molecule has 0 fully saturated rings. The van der Waals surface area contributed by atoms with Crippen LogP contribution in [-0.2, 0) is 14.9 Å². The smallest absolute Gasteiger partial charge is 0.256 e.